The lowest BCUT2D eigenvalue weighted by Gasteiger charge is -2.20. The smallest absolute Gasteiger partial charge is 0.282 e. The van der Waals surface area contributed by atoms with E-state index in [1.54, 1.807) is 17.8 Å². The summed E-state index contributed by atoms with van der Waals surface area (Å²) in [5.41, 5.74) is 1.75. The minimum Gasteiger partial charge on any atom is -0.382 e. The van der Waals surface area contributed by atoms with Crippen molar-refractivity contribution in [2.75, 3.05) is 0 Å². The summed E-state index contributed by atoms with van der Waals surface area (Å²) in [6.45, 7) is 4.52. The average Bonchev–Trinajstić information content (AvgIpc) is 3.50. The quantitative estimate of drug-likeness (QED) is 0.350. The molecule has 0 spiro atoms. The van der Waals surface area contributed by atoms with Crippen molar-refractivity contribution in [3.63, 3.8) is 0 Å². The summed E-state index contributed by atoms with van der Waals surface area (Å²) in [7, 11) is 0. The maximum Gasteiger partial charge on any atom is 0.282 e. The second-order valence-electron chi connectivity index (χ2n) is 7.88. The first-order valence-corrected chi connectivity index (χ1v) is 10.9. The number of alkyl halides is 2. The Bertz CT molecular complexity index is 1240. The molecule has 34 heavy (non-hydrogen) atoms. The van der Waals surface area contributed by atoms with Crippen LogP contribution in [0.4, 0.5) is 13.2 Å². The van der Waals surface area contributed by atoms with Crippen molar-refractivity contribution in [2.24, 2.45) is 0 Å². The first-order valence-electron chi connectivity index (χ1n) is 10.9. The van der Waals surface area contributed by atoms with Gasteiger partial charge in [-0.2, -0.15) is 10.2 Å². The fourth-order valence-corrected chi connectivity index (χ4v) is 3.70. The van der Waals surface area contributed by atoms with Crippen molar-refractivity contribution in [3.8, 4) is 5.69 Å². The molecule has 1 unspecified atom stereocenters. The Hall–Kier alpha value is -3.43. The highest BCUT2D eigenvalue weighted by atomic mass is 19.3. The molecule has 9 heteroatoms. The van der Waals surface area contributed by atoms with Crippen LogP contribution >= 0.6 is 0 Å². The topological polar surface area (TPSA) is 65.1 Å². The van der Waals surface area contributed by atoms with E-state index in [0.717, 1.165) is 11.6 Å². The van der Waals surface area contributed by atoms with Crippen LogP contribution in [-0.4, -0.2) is 24.7 Å². The Morgan fingerprint density at radius 2 is 1.85 bits per heavy atom. The van der Waals surface area contributed by atoms with Gasteiger partial charge in [-0.1, -0.05) is 30.3 Å². The fourth-order valence-electron chi connectivity index (χ4n) is 3.70. The van der Waals surface area contributed by atoms with Gasteiger partial charge in [0.25, 0.3) is 6.43 Å². The van der Waals surface area contributed by atoms with Crippen LogP contribution in [0.2, 0.25) is 0 Å². The number of aliphatic hydroxyl groups excluding tert-OH is 1. The zero-order valence-electron chi connectivity index (χ0n) is 18.8. The maximum atomic E-state index is 14.2. The molecule has 0 saturated carbocycles. The van der Waals surface area contributed by atoms with E-state index < -0.39 is 30.1 Å². The van der Waals surface area contributed by atoms with Crippen molar-refractivity contribution in [2.45, 2.75) is 45.6 Å². The maximum absolute atomic E-state index is 14.2. The number of hydrogen-bond acceptors (Lipinski definition) is 4. The van der Waals surface area contributed by atoms with Crippen LogP contribution in [0, 0.1) is 5.82 Å². The van der Waals surface area contributed by atoms with E-state index in [4.69, 9.17) is 4.74 Å². The third kappa shape index (κ3) is 5.05. The second-order valence-corrected chi connectivity index (χ2v) is 7.88. The molecule has 1 N–H and O–H groups in total. The van der Waals surface area contributed by atoms with Crippen molar-refractivity contribution in [1.29, 1.82) is 0 Å². The Morgan fingerprint density at radius 3 is 2.53 bits per heavy atom. The van der Waals surface area contributed by atoms with Crippen LogP contribution in [0.15, 0.2) is 67.0 Å². The summed E-state index contributed by atoms with van der Waals surface area (Å²) in [6, 6.07) is 14.6. The Morgan fingerprint density at radius 1 is 1.09 bits per heavy atom. The predicted octanol–water partition coefficient (Wildman–Crippen LogP) is 5.52. The summed E-state index contributed by atoms with van der Waals surface area (Å²) in [5.74, 6) is -0.499. The van der Waals surface area contributed by atoms with E-state index in [1.165, 1.54) is 29.1 Å². The molecule has 0 amide bonds. The van der Waals surface area contributed by atoms with Crippen molar-refractivity contribution >= 4 is 0 Å². The SMILES string of the molecule is CCn1cc(C(O)c2cc(C(F)F)nn2-c2ccc(F)cc2[C@@H](C)OCc2ccccc2)cn1. The van der Waals surface area contributed by atoms with Gasteiger partial charge >= 0.3 is 0 Å². The molecule has 0 bridgehead atoms. The van der Waals surface area contributed by atoms with Crippen molar-refractivity contribution in [1.82, 2.24) is 19.6 Å². The van der Waals surface area contributed by atoms with Crippen LogP contribution in [0.25, 0.3) is 5.69 Å². The van der Waals surface area contributed by atoms with Crippen molar-refractivity contribution < 1.29 is 23.0 Å². The van der Waals surface area contributed by atoms with Gasteiger partial charge in [0.1, 0.15) is 17.6 Å². The predicted molar refractivity (Wildman–Crippen MR) is 120 cm³/mol. The molecule has 0 aliphatic heterocycles. The van der Waals surface area contributed by atoms with Gasteiger partial charge in [-0.25, -0.2) is 17.9 Å². The first-order chi connectivity index (χ1) is 16.4. The van der Waals surface area contributed by atoms with Gasteiger partial charge in [-0.15, -0.1) is 0 Å². The lowest BCUT2D eigenvalue weighted by molar-refractivity contribution is 0.0522. The molecule has 2 aromatic heterocycles. The number of halogens is 3. The van der Waals surface area contributed by atoms with Crippen molar-refractivity contribution in [3.05, 3.63) is 101 Å². The van der Waals surface area contributed by atoms with E-state index in [0.29, 0.717) is 23.4 Å². The summed E-state index contributed by atoms with van der Waals surface area (Å²) in [4.78, 5) is 0. The van der Waals surface area contributed by atoms with Gasteiger partial charge in [-0.3, -0.25) is 4.68 Å². The Labute approximate surface area is 195 Å². The van der Waals surface area contributed by atoms with Crippen LogP contribution in [0.3, 0.4) is 0 Å². The van der Waals surface area contributed by atoms with Crippen LogP contribution in [-0.2, 0) is 17.9 Å². The minimum atomic E-state index is -2.85. The molecular formula is C25H25F3N4O2. The van der Waals surface area contributed by atoms with Crippen LogP contribution in [0.5, 0.6) is 0 Å². The van der Waals surface area contributed by atoms with E-state index in [-0.39, 0.29) is 12.3 Å². The van der Waals surface area contributed by atoms with Crippen LogP contribution in [0.1, 0.15) is 60.6 Å². The molecular weight excluding hydrogens is 445 g/mol. The van der Waals surface area contributed by atoms with E-state index in [2.05, 4.69) is 10.2 Å². The normalized spacial score (nSPS) is 13.4. The molecule has 2 heterocycles. The van der Waals surface area contributed by atoms with Gasteiger partial charge in [0.05, 0.1) is 30.3 Å². The zero-order valence-corrected chi connectivity index (χ0v) is 18.8. The third-order valence-corrected chi connectivity index (χ3v) is 5.55. The molecule has 0 radical (unpaired) electrons. The molecule has 178 valence electrons. The van der Waals surface area contributed by atoms with E-state index in [1.807, 2.05) is 37.3 Å². The minimum absolute atomic E-state index is 0.120. The number of nitrogens with zero attached hydrogens (tertiary/aromatic N) is 4. The Kier molecular flexibility index (Phi) is 7.14. The number of aromatic nitrogens is 4. The number of rotatable bonds is 9. The highest BCUT2D eigenvalue weighted by Gasteiger charge is 2.26. The molecule has 4 rings (SSSR count). The largest absolute Gasteiger partial charge is 0.382 e. The van der Waals surface area contributed by atoms with Gasteiger partial charge < -0.3 is 9.84 Å². The van der Waals surface area contributed by atoms with E-state index >= 15 is 0 Å². The second kappa shape index (κ2) is 10.2. The summed E-state index contributed by atoms with van der Waals surface area (Å²) in [6.07, 6.45) is -1.58. The summed E-state index contributed by atoms with van der Waals surface area (Å²) < 4.78 is 50.2. The summed E-state index contributed by atoms with van der Waals surface area (Å²) >= 11 is 0. The molecule has 4 aromatic rings. The number of aryl methyl sites for hydroxylation is 1. The number of aliphatic hydroxyl groups is 1. The zero-order chi connectivity index (χ0) is 24.2. The molecule has 0 aliphatic rings. The lowest BCUT2D eigenvalue weighted by atomic mass is 10.1. The molecule has 2 atom stereocenters. The standard InChI is InChI=1S/C25H25F3N4O2/c1-3-31-14-18(13-29-31)24(33)23-12-21(25(27)28)30-32(23)22-10-9-19(26)11-20(22)16(2)34-15-17-7-5-4-6-8-17/h4-14,16,24-25,33H,3,15H2,1-2H3/t16-,24?/m1/s1. The Balaban J connectivity index is 1.73. The molecule has 0 aliphatic carbocycles. The number of ether oxygens (including phenoxy) is 1. The first kappa shape index (κ1) is 23.7. The number of benzene rings is 2. The monoisotopic (exact) mass is 470 g/mol. The fraction of sp³-hybridized carbons (Fsp3) is 0.280. The molecule has 0 fully saturated rings. The third-order valence-electron chi connectivity index (χ3n) is 5.55. The van der Waals surface area contributed by atoms with Gasteiger partial charge in [0.2, 0.25) is 0 Å². The number of hydrogen-bond donors (Lipinski definition) is 1. The molecule has 0 saturated heterocycles. The highest BCUT2D eigenvalue weighted by molar-refractivity contribution is 5.45. The summed E-state index contributed by atoms with van der Waals surface area (Å²) in [5, 5.41) is 19.2. The highest BCUT2D eigenvalue weighted by Crippen LogP contribution is 2.32. The van der Waals surface area contributed by atoms with Gasteiger partial charge in [0, 0.05) is 23.9 Å². The van der Waals surface area contributed by atoms with E-state index in [9.17, 15) is 18.3 Å². The molecule has 2 aromatic carbocycles. The average molecular weight is 470 g/mol. The van der Waals surface area contributed by atoms with Gasteiger partial charge in [-0.05, 0) is 43.7 Å². The van der Waals surface area contributed by atoms with Crippen LogP contribution < -0.4 is 0 Å². The van der Waals surface area contributed by atoms with Gasteiger partial charge in [0.15, 0.2) is 0 Å². The lowest BCUT2D eigenvalue weighted by Crippen LogP contribution is -2.13. The molecule has 6 nitrogen and oxygen atoms in total.